The highest BCUT2D eigenvalue weighted by atomic mass is 16.5. The van der Waals surface area contributed by atoms with Gasteiger partial charge in [-0.3, -0.25) is 9.59 Å². The van der Waals surface area contributed by atoms with E-state index in [2.05, 4.69) is 25.7 Å². The van der Waals surface area contributed by atoms with Crippen molar-refractivity contribution in [1.29, 1.82) is 0 Å². The van der Waals surface area contributed by atoms with Crippen molar-refractivity contribution in [2.75, 3.05) is 27.9 Å². The first-order valence-electron chi connectivity index (χ1n) is 12.4. The van der Waals surface area contributed by atoms with Gasteiger partial charge in [0.15, 0.2) is 17.3 Å². The minimum absolute atomic E-state index is 0.00656. The van der Waals surface area contributed by atoms with E-state index in [9.17, 15) is 9.59 Å². The van der Waals surface area contributed by atoms with Crippen molar-refractivity contribution in [3.8, 4) is 17.2 Å². The molecule has 0 saturated heterocycles. The molecule has 0 saturated carbocycles. The molecule has 2 aromatic carbocycles. The quantitative estimate of drug-likeness (QED) is 0.508. The SMILES string of the molecule is C=C1NC2=C(C(=O)CC(C)(C)C2)C(c2cc(OC)c(OC)c(OC)c2)C1C(=O)OCCc1ccccc1. The summed E-state index contributed by atoms with van der Waals surface area (Å²) in [5, 5.41) is 3.30. The van der Waals surface area contributed by atoms with E-state index >= 15 is 0 Å². The normalized spacial score (nSPS) is 20.6. The summed E-state index contributed by atoms with van der Waals surface area (Å²) >= 11 is 0. The Kier molecular flexibility index (Phi) is 7.62. The molecule has 1 heterocycles. The molecule has 4 rings (SSSR count). The number of esters is 1. The van der Waals surface area contributed by atoms with E-state index in [1.165, 1.54) is 21.3 Å². The zero-order valence-electron chi connectivity index (χ0n) is 22.2. The van der Waals surface area contributed by atoms with Crippen molar-refractivity contribution in [2.45, 2.75) is 39.0 Å². The first-order chi connectivity index (χ1) is 17.7. The Bertz CT molecular complexity index is 1200. The summed E-state index contributed by atoms with van der Waals surface area (Å²) in [6, 6.07) is 13.4. The standard InChI is InChI=1S/C30H35NO6/c1-18-25(29(33)37-13-12-19-10-8-7-9-11-19)26(27-21(31-18)16-30(2,3)17-22(27)32)20-14-23(34-4)28(36-6)24(15-20)35-5/h7-11,14-15,25-26,31H,1,12-13,16-17H2,2-6H3. The Morgan fingerprint density at radius 3 is 2.27 bits per heavy atom. The summed E-state index contributed by atoms with van der Waals surface area (Å²) in [6.45, 7) is 8.55. The van der Waals surface area contributed by atoms with Crippen molar-refractivity contribution in [3.05, 3.63) is 77.1 Å². The third-order valence-electron chi connectivity index (χ3n) is 7.03. The molecule has 2 aliphatic rings. The Balaban J connectivity index is 1.76. The fraction of sp³-hybridized carbons (Fsp3) is 0.400. The first-order valence-corrected chi connectivity index (χ1v) is 12.4. The fourth-order valence-corrected chi connectivity index (χ4v) is 5.37. The van der Waals surface area contributed by atoms with Gasteiger partial charge in [0.25, 0.3) is 0 Å². The molecular weight excluding hydrogens is 470 g/mol. The van der Waals surface area contributed by atoms with Crippen molar-refractivity contribution in [2.24, 2.45) is 11.3 Å². The number of allylic oxidation sites excluding steroid dienone is 2. The highest BCUT2D eigenvalue weighted by molar-refractivity contribution is 6.01. The van der Waals surface area contributed by atoms with E-state index in [-0.39, 0.29) is 17.8 Å². The molecule has 37 heavy (non-hydrogen) atoms. The lowest BCUT2D eigenvalue weighted by Gasteiger charge is -2.42. The maximum atomic E-state index is 13.6. The predicted octanol–water partition coefficient (Wildman–Crippen LogP) is 4.96. The monoisotopic (exact) mass is 505 g/mol. The van der Waals surface area contributed by atoms with E-state index in [0.717, 1.165) is 11.3 Å². The number of carbonyl (C=O) groups excluding carboxylic acids is 2. The van der Waals surface area contributed by atoms with Crippen LogP contribution in [0, 0.1) is 11.3 Å². The maximum absolute atomic E-state index is 13.6. The van der Waals surface area contributed by atoms with Crippen LogP contribution in [0.5, 0.6) is 17.2 Å². The number of ether oxygens (including phenoxy) is 4. The molecule has 7 nitrogen and oxygen atoms in total. The third-order valence-corrected chi connectivity index (χ3v) is 7.03. The van der Waals surface area contributed by atoms with Crippen LogP contribution in [0.25, 0.3) is 0 Å². The van der Waals surface area contributed by atoms with Crippen LogP contribution < -0.4 is 19.5 Å². The van der Waals surface area contributed by atoms with Crippen LogP contribution in [0.1, 0.15) is 43.7 Å². The number of nitrogens with one attached hydrogen (secondary N) is 1. The van der Waals surface area contributed by atoms with Crippen LogP contribution in [0.15, 0.2) is 66.0 Å². The van der Waals surface area contributed by atoms with Crippen molar-refractivity contribution >= 4 is 11.8 Å². The molecule has 7 heteroatoms. The molecule has 196 valence electrons. The Morgan fingerprint density at radius 1 is 1.03 bits per heavy atom. The van der Waals surface area contributed by atoms with Gasteiger partial charge in [-0.1, -0.05) is 50.8 Å². The fourth-order valence-electron chi connectivity index (χ4n) is 5.37. The van der Waals surface area contributed by atoms with E-state index < -0.39 is 17.8 Å². The van der Waals surface area contributed by atoms with Gasteiger partial charge < -0.3 is 24.3 Å². The van der Waals surface area contributed by atoms with Gasteiger partial charge in [0.05, 0.1) is 27.9 Å². The maximum Gasteiger partial charge on any atom is 0.315 e. The lowest BCUT2D eigenvalue weighted by atomic mass is 9.66. The summed E-state index contributed by atoms with van der Waals surface area (Å²) in [4.78, 5) is 27.1. The van der Waals surface area contributed by atoms with E-state index in [4.69, 9.17) is 18.9 Å². The molecule has 2 aromatic rings. The summed E-state index contributed by atoms with van der Waals surface area (Å²) in [7, 11) is 4.61. The van der Waals surface area contributed by atoms with Crippen molar-refractivity contribution in [3.63, 3.8) is 0 Å². The van der Waals surface area contributed by atoms with Gasteiger partial charge in [0.2, 0.25) is 5.75 Å². The van der Waals surface area contributed by atoms with Gasteiger partial charge in [-0.05, 0) is 35.1 Å². The zero-order valence-corrected chi connectivity index (χ0v) is 22.2. The molecular formula is C30H35NO6. The largest absolute Gasteiger partial charge is 0.493 e. The lowest BCUT2D eigenvalue weighted by Crippen LogP contribution is -2.43. The average molecular weight is 506 g/mol. The van der Waals surface area contributed by atoms with Crippen LogP contribution in [0.4, 0.5) is 0 Å². The number of ketones is 1. The van der Waals surface area contributed by atoms with Gasteiger partial charge in [-0.25, -0.2) is 0 Å². The number of Topliss-reactive ketones (excluding diaryl/α,β-unsaturated/α-hetero) is 1. The second-order valence-electron chi connectivity index (χ2n) is 10.3. The third kappa shape index (κ3) is 5.36. The summed E-state index contributed by atoms with van der Waals surface area (Å²) in [6.07, 6.45) is 1.65. The first kappa shape index (κ1) is 26.3. The number of methoxy groups -OCH3 is 3. The van der Waals surface area contributed by atoms with Crippen LogP contribution in [0.3, 0.4) is 0 Å². The molecule has 0 fully saturated rings. The van der Waals surface area contributed by atoms with Crippen LogP contribution >= 0.6 is 0 Å². The van der Waals surface area contributed by atoms with E-state index in [1.54, 1.807) is 12.1 Å². The second-order valence-corrected chi connectivity index (χ2v) is 10.3. The lowest BCUT2D eigenvalue weighted by molar-refractivity contribution is -0.147. The summed E-state index contributed by atoms with van der Waals surface area (Å²) in [5.74, 6) is -0.504. The van der Waals surface area contributed by atoms with E-state index in [1.807, 2.05) is 30.3 Å². The van der Waals surface area contributed by atoms with E-state index in [0.29, 0.717) is 53.3 Å². The predicted molar refractivity (Wildman–Crippen MR) is 141 cm³/mol. The minimum atomic E-state index is -0.803. The molecule has 2 unspecified atom stereocenters. The number of carbonyl (C=O) groups is 2. The number of hydrogen-bond acceptors (Lipinski definition) is 7. The molecule has 0 spiro atoms. The summed E-state index contributed by atoms with van der Waals surface area (Å²) in [5.41, 5.74) is 3.47. The van der Waals surface area contributed by atoms with Crippen LogP contribution in [0.2, 0.25) is 0 Å². The second kappa shape index (κ2) is 10.7. The van der Waals surface area contributed by atoms with Crippen LogP contribution in [-0.4, -0.2) is 39.7 Å². The average Bonchev–Trinajstić information content (AvgIpc) is 2.86. The molecule has 0 amide bonds. The highest BCUT2D eigenvalue weighted by Gasteiger charge is 2.47. The van der Waals surface area contributed by atoms with Gasteiger partial charge in [-0.2, -0.15) is 0 Å². The molecule has 1 aliphatic carbocycles. The Labute approximate surface area is 218 Å². The van der Waals surface area contributed by atoms with Crippen molar-refractivity contribution < 1.29 is 28.5 Å². The zero-order chi connectivity index (χ0) is 26.7. The molecule has 1 N–H and O–H groups in total. The molecule has 1 aliphatic heterocycles. The number of rotatable bonds is 8. The highest BCUT2D eigenvalue weighted by Crippen LogP contribution is 2.50. The van der Waals surface area contributed by atoms with Crippen LogP contribution in [-0.2, 0) is 20.7 Å². The van der Waals surface area contributed by atoms with Gasteiger partial charge >= 0.3 is 5.97 Å². The smallest absolute Gasteiger partial charge is 0.315 e. The van der Waals surface area contributed by atoms with Gasteiger partial charge in [0.1, 0.15) is 5.92 Å². The minimum Gasteiger partial charge on any atom is -0.493 e. The molecule has 0 bridgehead atoms. The number of benzene rings is 2. The topological polar surface area (TPSA) is 83.1 Å². The Morgan fingerprint density at radius 2 is 1.68 bits per heavy atom. The van der Waals surface area contributed by atoms with Crippen molar-refractivity contribution in [1.82, 2.24) is 5.32 Å². The molecule has 0 radical (unpaired) electrons. The van der Waals surface area contributed by atoms with Gasteiger partial charge in [-0.15, -0.1) is 0 Å². The molecule has 2 atom stereocenters. The summed E-state index contributed by atoms with van der Waals surface area (Å²) < 4.78 is 22.4. The Hall–Kier alpha value is -3.74. The molecule has 0 aromatic heterocycles. The van der Waals surface area contributed by atoms with Gasteiger partial charge in [0, 0.05) is 35.7 Å². The number of hydrogen-bond donors (Lipinski definition) is 1.